The fraction of sp³-hybridized carbons (Fsp3) is 0.714. The summed E-state index contributed by atoms with van der Waals surface area (Å²) in [6.45, 7) is 7.49. The third-order valence-corrected chi connectivity index (χ3v) is 3.23. The predicted octanol–water partition coefficient (Wildman–Crippen LogP) is 3.38. The molecule has 1 unspecified atom stereocenters. The zero-order valence-electron chi connectivity index (χ0n) is 11.8. The van der Waals surface area contributed by atoms with Gasteiger partial charge in [0, 0.05) is 18.1 Å². The second kappa shape index (κ2) is 6.06. The van der Waals surface area contributed by atoms with Gasteiger partial charge in [0.2, 0.25) is 5.88 Å². The molecule has 5 heteroatoms. The summed E-state index contributed by atoms with van der Waals surface area (Å²) in [5, 5.41) is 0.416. The van der Waals surface area contributed by atoms with E-state index in [4.69, 9.17) is 21.1 Å². The molecular weight excluding hydrogens is 264 g/mol. The molecule has 1 aromatic rings. The summed E-state index contributed by atoms with van der Waals surface area (Å²) < 4.78 is 11.3. The molecule has 0 aromatic carbocycles. The Morgan fingerprint density at radius 3 is 2.79 bits per heavy atom. The van der Waals surface area contributed by atoms with E-state index in [9.17, 15) is 0 Å². The Hall–Kier alpha value is -0.870. The first-order valence-electron chi connectivity index (χ1n) is 6.74. The standard InChI is InChI=1S/C14H21ClN2O2/c1-14(2,3)13-16-11(15)8-12(17-13)19-9-10-6-4-5-7-18-10/h8,10H,4-7,9H2,1-3H3. The first-order chi connectivity index (χ1) is 8.95. The van der Waals surface area contributed by atoms with Crippen molar-refractivity contribution >= 4 is 11.6 Å². The molecule has 1 aromatic heterocycles. The van der Waals surface area contributed by atoms with Crippen LogP contribution in [-0.2, 0) is 10.2 Å². The van der Waals surface area contributed by atoms with Crippen molar-refractivity contribution in [3.63, 3.8) is 0 Å². The molecule has 0 saturated carbocycles. The van der Waals surface area contributed by atoms with E-state index in [-0.39, 0.29) is 11.5 Å². The molecule has 0 spiro atoms. The summed E-state index contributed by atoms with van der Waals surface area (Å²) >= 11 is 6.02. The van der Waals surface area contributed by atoms with Gasteiger partial charge in [-0.2, -0.15) is 4.98 Å². The van der Waals surface area contributed by atoms with Crippen LogP contribution in [0.2, 0.25) is 5.15 Å². The number of aromatic nitrogens is 2. The largest absolute Gasteiger partial charge is 0.475 e. The molecule has 0 bridgehead atoms. The van der Waals surface area contributed by atoms with Crippen LogP contribution in [0, 0.1) is 0 Å². The van der Waals surface area contributed by atoms with Crippen molar-refractivity contribution in [2.75, 3.05) is 13.2 Å². The van der Waals surface area contributed by atoms with Gasteiger partial charge in [0.05, 0.1) is 6.10 Å². The summed E-state index contributed by atoms with van der Waals surface area (Å²) in [5.41, 5.74) is -0.148. The number of hydrogen-bond acceptors (Lipinski definition) is 4. The monoisotopic (exact) mass is 284 g/mol. The highest BCUT2D eigenvalue weighted by Gasteiger charge is 2.20. The fourth-order valence-electron chi connectivity index (χ4n) is 1.92. The van der Waals surface area contributed by atoms with Crippen LogP contribution in [-0.4, -0.2) is 29.3 Å². The number of halogens is 1. The molecule has 1 saturated heterocycles. The molecule has 0 amide bonds. The highest BCUT2D eigenvalue weighted by molar-refractivity contribution is 6.29. The van der Waals surface area contributed by atoms with Crippen LogP contribution in [0.15, 0.2) is 6.07 Å². The van der Waals surface area contributed by atoms with Crippen LogP contribution in [0.4, 0.5) is 0 Å². The lowest BCUT2D eigenvalue weighted by atomic mass is 9.96. The van der Waals surface area contributed by atoms with Crippen LogP contribution in [0.25, 0.3) is 0 Å². The number of hydrogen-bond donors (Lipinski definition) is 0. The van der Waals surface area contributed by atoms with Gasteiger partial charge in [0.1, 0.15) is 17.6 Å². The smallest absolute Gasteiger partial charge is 0.218 e. The molecule has 1 aliphatic heterocycles. The summed E-state index contributed by atoms with van der Waals surface area (Å²) in [4.78, 5) is 8.66. The fourth-order valence-corrected chi connectivity index (χ4v) is 2.10. The molecule has 19 heavy (non-hydrogen) atoms. The van der Waals surface area contributed by atoms with Gasteiger partial charge in [0.15, 0.2) is 0 Å². The normalized spacial score (nSPS) is 20.3. The van der Waals surface area contributed by atoms with Gasteiger partial charge in [-0.1, -0.05) is 32.4 Å². The predicted molar refractivity (Wildman–Crippen MR) is 74.8 cm³/mol. The van der Waals surface area contributed by atoms with E-state index >= 15 is 0 Å². The zero-order valence-corrected chi connectivity index (χ0v) is 12.5. The number of ether oxygens (including phenoxy) is 2. The minimum absolute atomic E-state index is 0.148. The molecule has 106 valence electrons. The molecular formula is C14H21ClN2O2. The van der Waals surface area contributed by atoms with Crippen LogP contribution in [0.5, 0.6) is 5.88 Å². The molecule has 1 aliphatic rings. The minimum Gasteiger partial charge on any atom is -0.475 e. The van der Waals surface area contributed by atoms with Crippen molar-refractivity contribution in [3.8, 4) is 5.88 Å². The van der Waals surface area contributed by atoms with E-state index in [1.807, 2.05) is 20.8 Å². The Labute approximate surface area is 119 Å². The lowest BCUT2D eigenvalue weighted by molar-refractivity contribution is -0.0120. The third-order valence-electron chi connectivity index (χ3n) is 3.03. The number of rotatable bonds is 3. The van der Waals surface area contributed by atoms with Crippen LogP contribution < -0.4 is 4.74 Å². The first kappa shape index (κ1) is 14.5. The maximum atomic E-state index is 6.02. The van der Waals surface area contributed by atoms with E-state index in [2.05, 4.69) is 9.97 Å². The van der Waals surface area contributed by atoms with Gasteiger partial charge in [0.25, 0.3) is 0 Å². The lowest BCUT2D eigenvalue weighted by Gasteiger charge is -2.23. The maximum Gasteiger partial charge on any atom is 0.218 e. The van der Waals surface area contributed by atoms with E-state index < -0.39 is 0 Å². The van der Waals surface area contributed by atoms with Crippen LogP contribution >= 0.6 is 11.6 Å². The van der Waals surface area contributed by atoms with E-state index in [0.717, 1.165) is 19.4 Å². The SMILES string of the molecule is CC(C)(C)c1nc(Cl)cc(OCC2CCCCO2)n1. The Morgan fingerprint density at radius 2 is 2.16 bits per heavy atom. The molecule has 1 fully saturated rings. The Bertz CT molecular complexity index is 426. The van der Waals surface area contributed by atoms with Gasteiger partial charge in [-0.05, 0) is 19.3 Å². The van der Waals surface area contributed by atoms with Crippen molar-refractivity contribution < 1.29 is 9.47 Å². The van der Waals surface area contributed by atoms with Gasteiger partial charge >= 0.3 is 0 Å². The average molecular weight is 285 g/mol. The highest BCUT2D eigenvalue weighted by Crippen LogP contribution is 2.23. The molecule has 2 heterocycles. The van der Waals surface area contributed by atoms with Gasteiger partial charge in [-0.3, -0.25) is 0 Å². The highest BCUT2D eigenvalue weighted by atomic mass is 35.5. The maximum absolute atomic E-state index is 6.02. The van der Waals surface area contributed by atoms with Crippen molar-refractivity contribution in [2.24, 2.45) is 0 Å². The van der Waals surface area contributed by atoms with Crippen LogP contribution in [0.3, 0.4) is 0 Å². The number of nitrogens with zero attached hydrogens (tertiary/aromatic N) is 2. The van der Waals surface area contributed by atoms with E-state index in [1.165, 1.54) is 6.42 Å². The third kappa shape index (κ3) is 4.32. The summed E-state index contributed by atoms with van der Waals surface area (Å²) in [7, 11) is 0. The summed E-state index contributed by atoms with van der Waals surface area (Å²) in [6.07, 6.45) is 3.56. The molecule has 0 aliphatic carbocycles. The first-order valence-corrected chi connectivity index (χ1v) is 7.12. The molecule has 4 nitrogen and oxygen atoms in total. The second-order valence-electron chi connectivity index (χ2n) is 5.90. The van der Waals surface area contributed by atoms with Crippen molar-refractivity contribution in [2.45, 2.75) is 51.6 Å². The molecule has 2 rings (SSSR count). The topological polar surface area (TPSA) is 44.2 Å². The van der Waals surface area contributed by atoms with Gasteiger partial charge in [-0.15, -0.1) is 0 Å². The van der Waals surface area contributed by atoms with E-state index in [0.29, 0.717) is 23.5 Å². The van der Waals surface area contributed by atoms with E-state index in [1.54, 1.807) is 6.07 Å². The quantitative estimate of drug-likeness (QED) is 0.798. The Morgan fingerprint density at radius 1 is 1.37 bits per heavy atom. The van der Waals surface area contributed by atoms with Crippen molar-refractivity contribution in [1.29, 1.82) is 0 Å². The second-order valence-corrected chi connectivity index (χ2v) is 6.29. The Kier molecular flexibility index (Phi) is 4.63. The molecule has 0 N–H and O–H groups in total. The van der Waals surface area contributed by atoms with Gasteiger partial charge < -0.3 is 9.47 Å². The van der Waals surface area contributed by atoms with Crippen molar-refractivity contribution in [3.05, 3.63) is 17.0 Å². The lowest BCUT2D eigenvalue weighted by Crippen LogP contribution is -2.26. The van der Waals surface area contributed by atoms with Gasteiger partial charge in [-0.25, -0.2) is 4.98 Å². The average Bonchev–Trinajstić information content (AvgIpc) is 2.36. The van der Waals surface area contributed by atoms with Crippen molar-refractivity contribution in [1.82, 2.24) is 9.97 Å². The zero-order chi connectivity index (χ0) is 13.9. The van der Waals surface area contributed by atoms with Crippen LogP contribution in [0.1, 0.15) is 45.9 Å². The molecule has 0 radical (unpaired) electrons. The summed E-state index contributed by atoms with van der Waals surface area (Å²) in [6, 6.07) is 1.65. The molecule has 1 atom stereocenters. The summed E-state index contributed by atoms with van der Waals surface area (Å²) in [5.74, 6) is 1.22. The Balaban J connectivity index is 2.01. The minimum atomic E-state index is -0.148.